The molecule has 10 heteroatoms. The molecule has 3 rings (SSSR count). The topological polar surface area (TPSA) is 108 Å². The summed E-state index contributed by atoms with van der Waals surface area (Å²) in [6.45, 7) is 0.436. The number of fused-ring (bicyclic) bond motifs is 1. The fraction of sp³-hybridized carbons (Fsp3) is 0.350. The van der Waals surface area contributed by atoms with E-state index in [0.717, 1.165) is 0 Å². The van der Waals surface area contributed by atoms with Crippen molar-refractivity contribution in [2.75, 3.05) is 26.0 Å². The number of amides is 1. The molecule has 0 atom stereocenters. The first kappa shape index (κ1) is 21.6. The minimum Gasteiger partial charge on any atom is -0.466 e. The molecule has 2 heterocycles. The minimum atomic E-state index is -0.527. The Labute approximate surface area is 176 Å². The van der Waals surface area contributed by atoms with Crippen molar-refractivity contribution in [1.29, 1.82) is 0 Å². The van der Waals surface area contributed by atoms with Gasteiger partial charge >= 0.3 is 11.9 Å². The lowest BCUT2D eigenvalue weighted by atomic mass is 10.1. The van der Waals surface area contributed by atoms with Crippen LogP contribution in [0.2, 0.25) is 0 Å². The summed E-state index contributed by atoms with van der Waals surface area (Å²) in [5.74, 6) is -0.851. The highest BCUT2D eigenvalue weighted by molar-refractivity contribution is 8.04. The average molecular weight is 431 g/mol. The van der Waals surface area contributed by atoms with Crippen molar-refractivity contribution < 1.29 is 23.9 Å². The maximum Gasteiger partial charge on any atom is 0.333 e. The number of ether oxygens (including phenoxy) is 2. The van der Waals surface area contributed by atoms with E-state index in [4.69, 9.17) is 4.74 Å². The van der Waals surface area contributed by atoms with Crippen LogP contribution < -0.4 is 5.56 Å². The Balaban J connectivity index is 1.56. The van der Waals surface area contributed by atoms with Crippen LogP contribution in [0.3, 0.4) is 0 Å². The summed E-state index contributed by atoms with van der Waals surface area (Å²) in [7, 11) is 2.81. The van der Waals surface area contributed by atoms with Gasteiger partial charge < -0.3 is 14.4 Å². The van der Waals surface area contributed by atoms with E-state index in [0.29, 0.717) is 34.5 Å². The van der Waals surface area contributed by atoms with Crippen LogP contribution in [-0.4, -0.2) is 58.5 Å². The molecule has 9 nitrogen and oxygen atoms in total. The van der Waals surface area contributed by atoms with Gasteiger partial charge in [0.05, 0.1) is 48.1 Å². The number of esters is 2. The summed E-state index contributed by atoms with van der Waals surface area (Å²) in [6, 6.07) is 6.98. The molecule has 0 N–H and O–H groups in total. The summed E-state index contributed by atoms with van der Waals surface area (Å²) in [6.07, 6.45) is 1.62. The molecule has 0 saturated carbocycles. The summed E-state index contributed by atoms with van der Waals surface area (Å²) < 4.78 is 11.1. The summed E-state index contributed by atoms with van der Waals surface area (Å²) in [4.78, 5) is 49.3. The smallest absolute Gasteiger partial charge is 0.333 e. The highest BCUT2D eigenvalue weighted by Gasteiger charge is 2.27. The van der Waals surface area contributed by atoms with Gasteiger partial charge in [-0.05, 0) is 12.5 Å². The number of carbonyl (C=O) groups excluding carboxylic acids is 3. The van der Waals surface area contributed by atoms with Crippen molar-refractivity contribution in [2.24, 2.45) is 7.05 Å². The Morgan fingerprint density at radius 1 is 1.23 bits per heavy atom. The minimum absolute atomic E-state index is 0.0688. The van der Waals surface area contributed by atoms with Crippen LogP contribution in [0.15, 0.2) is 40.2 Å². The third-order valence-electron chi connectivity index (χ3n) is 4.49. The van der Waals surface area contributed by atoms with E-state index in [1.165, 1.54) is 41.6 Å². The predicted molar refractivity (Wildman–Crippen MR) is 111 cm³/mol. The zero-order chi connectivity index (χ0) is 21.7. The number of hydrogen-bond acceptors (Lipinski definition) is 8. The lowest BCUT2D eigenvalue weighted by Crippen LogP contribution is -2.27. The molecule has 1 fully saturated rings. The Bertz CT molecular complexity index is 1080. The molecule has 1 saturated heterocycles. The zero-order valence-electron chi connectivity index (χ0n) is 16.6. The van der Waals surface area contributed by atoms with Crippen LogP contribution in [0.25, 0.3) is 10.8 Å². The average Bonchev–Trinajstić information content (AvgIpc) is 3.08. The van der Waals surface area contributed by atoms with Gasteiger partial charge in [-0.1, -0.05) is 30.0 Å². The third kappa shape index (κ3) is 4.88. The van der Waals surface area contributed by atoms with Gasteiger partial charge in [-0.2, -0.15) is 5.10 Å². The maximum atomic E-state index is 12.3. The second-order valence-electron chi connectivity index (χ2n) is 6.51. The molecular formula is C20H21N3O6S. The van der Waals surface area contributed by atoms with Crippen molar-refractivity contribution in [2.45, 2.75) is 12.8 Å². The molecule has 0 aliphatic carbocycles. The predicted octanol–water partition coefficient (Wildman–Crippen LogP) is 0.999. The Morgan fingerprint density at radius 2 is 1.97 bits per heavy atom. The van der Waals surface area contributed by atoms with E-state index in [1.54, 1.807) is 24.3 Å². The van der Waals surface area contributed by atoms with E-state index in [2.05, 4.69) is 9.84 Å². The van der Waals surface area contributed by atoms with Crippen LogP contribution in [-0.2, 0) is 37.3 Å². The van der Waals surface area contributed by atoms with E-state index in [9.17, 15) is 19.2 Å². The highest BCUT2D eigenvalue weighted by Crippen LogP contribution is 2.28. The van der Waals surface area contributed by atoms with Gasteiger partial charge in [0.15, 0.2) is 0 Å². The Kier molecular flexibility index (Phi) is 6.88. The highest BCUT2D eigenvalue weighted by atomic mass is 32.2. The number of thioether (sulfide) groups is 1. The normalized spacial score (nSPS) is 15.1. The number of aryl methyl sites for hydroxylation is 1. The van der Waals surface area contributed by atoms with Gasteiger partial charge in [-0.3, -0.25) is 14.4 Å². The number of carbonyl (C=O) groups is 3. The van der Waals surface area contributed by atoms with Gasteiger partial charge in [-0.15, -0.1) is 0 Å². The molecule has 1 aliphatic rings. The molecule has 1 aromatic heterocycles. The van der Waals surface area contributed by atoms with Gasteiger partial charge in [0.1, 0.15) is 0 Å². The third-order valence-corrected chi connectivity index (χ3v) is 5.51. The lowest BCUT2D eigenvalue weighted by Gasteiger charge is -2.16. The molecule has 2 aromatic rings. The van der Waals surface area contributed by atoms with Crippen molar-refractivity contribution in [1.82, 2.24) is 14.7 Å². The second kappa shape index (κ2) is 9.57. The van der Waals surface area contributed by atoms with Gasteiger partial charge in [0, 0.05) is 19.0 Å². The summed E-state index contributed by atoms with van der Waals surface area (Å²) in [5.41, 5.74) is 0.235. The van der Waals surface area contributed by atoms with E-state index in [1.807, 2.05) is 0 Å². The molecule has 0 unspecified atom stereocenters. The largest absolute Gasteiger partial charge is 0.466 e. The first-order valence-corrected chi connectivity index (χ1v) is 10.2. The Morgan fingerprint density at radius 3 is 2.70 bits per heavy atom. The molecule has 30 heavy (non-hydrogen) atoms. The van der Waals surface area contributed by atoms with Crippen LogP contribution in [0.5, 0.6) is 0 Å². The molecule has 1 aromatic carbocycles. The van der Waals surface area contributed by atoms with Gasteiger partial charge in [-0.25, -0.2) is 9.48 Å². The number of rotatable bonds is 7. The van der Waals surface area contributed by atoms with Crippen LogP contribution in [0.1, 0.15) is 12.1 Å². The van der Waals surface area contributed by atoms with Gasteiger partial charge in [0.2, 0.25) is 5.91 Å². The molecule has 1 aliphatic heterocycles. The first-order valence-electron chi connectivity index (χ1n) is 9.24. The number of benzene rings is 1. The van der Waals surface area contributed by atoms with E-state index >= 15 is 0 Å². The van der Waals surface area contributed by atoms with Crippen LogP contribution in [0, 0.1) is 0 Å². The lowest BCUT2D eigenvalue weighted by molar-refractivity contribution is -0.143. The van der Waals surface area contributed by atoms with Crippen LogP contribution >= 0.6 is 11.8 Å². The maximum absolute atomic E-state index is 12.3. The van der Waals surface area contributed by atoms with Crippen LogP contribution in [0.4, 0.5) is 0 Å². The SMILES string of the molecule is COC(=O)/C=C1/SCC(=O)N1CCCOC(=O)Cc1nn(C)c(=O)c2ccccc12. The molecule has 1 amide bonds. The van der Waals surface area contributed by atoms with Crippen molar-refractivity contribution in [3.8, 4) is 0 Å². The number of hydrogen-bond donors (Lipinski definition) is 0. The Hall–Kier alpha value is -3.14. The molecular weight excluding hydrogens is 410 g/mol. The quantitative estimate of drug-likeness (QED) is 0.363. The molecule has 0 bridgehead atoms. The van der Waals surface area contributed by atoms with Gasteiger partial charge in [0.25, 0.3) is 5.56 Å². The van der Waals surface area contributed by atoms with Crippen molar-refractivity contribution in [3.63, 3.8) is 0 Å². The summed E-state index contributed by atoms with van der Waals surface area (Å²) >= 11 is 1.26. The summed E-state index contributed by atoms with van der Waals surface area (Å²) in [5, 5.41) is 5.82. The monoisotopic (exact) mass is 431 g/mol. The fourth-order valence-corrected chi connectivity index (χ4v) is 3.99. The van der Waals surface area contributed by atoms with E-state index < -0.39 is 11.9 Å². The molecule has 0 spiro atoms. The standard InChI is InChI=1S/C20H21N3O6S/c1-22-20(27)14-7-4-3-6-13(14)15(21-22)10-19(26)29-9-5-8-23-16(24)12-30-17(23)11-18(25)28-2/h3-4,6-7,11H,5,8-10,12H2,1-2H3/b17-11+. The second-order valence-corrected chi connectivity index (χ2v) is 7.51. The number of methoxy groups -OCH3 is 1. The first-order chi connectivity index (χ1) is 14.4. The molecule has 0 radical (unpaired) electrons. The molecule has 158 valence electrons. The fourth-order valence-electron chi connectivity index (χ4n) is 3.03. The zero-order valence-corrected chi connectivity index (χ0v) is 17.4. The number of aromatic nitrogens is 2. The number of nitrogens with zero attached hydrogens (tertiary/aromatic N) is 3. The van der Waals surface area contributed by atoms with Crippen molar-refractivity contribution >= 4 is 40.4 Å². The van der Waals surface area contributed by atoms with E-state index in [-0.39, 0.29) is 30.2 Å². The van der Waals surface area contributed by atoms with Crippen molar-refractivity contribution in [3.05, 3.63) is 51.4 Å².